The summed E-state index contributed by atoms with van der Waals surface area (Å²) in [6, 6.07) is 8.41. The molecule has 0 spiro atoms. The first-order valence-corrected chi connectivity index (χ1v) is 9.01. The van der Waals surface area contributed by atoms with Crippen LogP contribution in [0.3, 0.4) is 0 Å². The Hall–Kier alpha value is -3.49. The minimum Gasteiger partial charge on any atom is -0.493 e. The van der Waals surface area contributed by atoms with Gasteiger partial charge in [-0.25, -0.2) is 4.68 Å². The maximum atomic E-state index is 13.1. The second-order valence-corrected chi connectivity index (χ2v) is 6.85. The summed E-state index contributed by atoms with van der Waals surface area (Å²) in [4.78, 5) is 13.1. The highest BCUT2D eigenvalue weighted by Crippen LogP contribution is 2.36. The summed E-state index contributed by atoms with van der Waals surface area (Å²) in [6.45, 7) is -0.0765. The van der Waals surface area contributed by atoms with E-state index in [9.17, 15) is 18.0 Å². The van der Waals surface area contributed by atoms with Crippen LogP contribution in [0.4, 0.5) is 13.2 Å². The van der Waals surface area contributed by atoms with E-state index < -0.39 is 17.3 Å². The van der Waals surface area contributed by atoms with E-state index >= 15 is 0 Å². The minimum atomic E-state index is -4.45. The molecule has 9 heteroatoms. The number of rotatable bonds is 4. The third-order valence-electron chi connectivity index (χ3n) is 5.09. The number of halogens is 3. The van der Waals surface area contributed by atoms with E-state index in [2.05, 4.69) is 5.10 Å². The molecule has 0 fully saturated rings. The molecule has 0 atom stereocenters. The van der Waals surface area contributed by atoms with E-state index in [1.165, 1.54) is 26.4 Å². The minimum absolute atomic E-state index is 0.0765. The van der Waals surface area contributed by atoms with Crippen molar-refractivity contribution in [2.24, 2.45) is 7.05 Å². The van der Waals surface area contributed by atoms with Gasteiger partial charge < -0.3 is 14.0 Å². The molecule has 4 aromatic rings. The molecule has 2 heterocycles. The predicted octanol–water partition coefficient (Wildman–Crippen LogP) is 3.97. The molecule has 0 aliphatic rings. The van der Waals surface area contributed by atoms with Crippen molar-refractivity contribution < 1.29 is 22.6 Å². The van der Waals surface area contributed by atoms with Crippen LogP contribution < -0.4 is 15.0 Å². The van der Waals surface area contributed by atoms with Crippen LogP contribution in [0.15, 0.2) is 47.4 Å². The second kappa shape index (κ2) is 7.08. The van der Waals surface area contributed by atoms with Gasteiger partial charge in [0, 0.05) is 23.9 Å². The lowest BCUT2D eigenvalue weighted by Gasteiger charge is -2.10. The van der Waals surface area contributed by atoms with Gasteiger partial charge >= 0.3 is 6.18 Å². The van der Waals surface area contributed by atoms with E-state index in [1.54, 1.807) is 29.9 Å². The zero-order chi connectivity index (χ0) is 21.6. The predicted molar refractivity (Wildman–Crippen MR) is 106 cm³/mol. The molecule has 0 saturated heterocycles. The standard InChI is InChI=1S/C21H18F3N3O3/c1-26-16-9-18(30-3)17(29-2)8-14(16)15-10-25-27(20(28)19(15)26)11-12-5-4-6-13(7-12)21(22,23)24/h4-10H,11H2,1-3H3. The average molecular weight is 417 g/mol. The molecule has 0 aliphatic heterocycles. The van der Waals surface area contributed by atoms with Crippen molar-refractivity contribution in [3.8, 4) is 11.5 Å². The lowest BCUT2D eigenvalue weighted by atomic mass is 10.1. The van der Waals surface area contributed by atoms with E-state index in [0.717, 1.165) is 27.7 Å². The first-order valence-electron chi connectivity index (χ1n) is 9.01. The van der Waals surface area contributed by atoms with E-state index in [0.29, 0.717) is 28.0 Å². The van der Waals surface area contributed by atoms with Crippen LogP contribution in [0.5, 0.6) is 11.5 Å². The highest BCUT2D eigenvalue weighted by atomic mass is 19.4. The molecular weight excluding hydrogens is 399 g/mol. The number of aromatic nitrogens is 3. The number of methoxy groups -OCH3 is 2. The van der Waals surface area contributed by atoms with Gasteiger partial charge in [0.25, 0.3) is 5.56 Å². The normalized spacial score (nSPS) is 11.9. The van der Waals surface area contributed by atoms with Gasteiger partial charge in [-0.1, -0.05) is 12.1 Å². The maximum absolute atomic E-state index is 13.1. The van der Waals surface area contributed by atoms with Crippen LogP contribution in [0, 0.1) is 0 Å². The summed E-state index contributed by atoms with van der Waals surface area (Å²) in [7, 11) is 4.79. The fourth-order valence-electron chi connectivity index (χ4n) is 3.61. The summed E-state index contributed by atoms with van der Waals surface area (Å²) < 4.78 is 52.5. The highest BCUT2D eigenvalue weighted by molar-refractivity contribution is 6.08. The van der Waals surface area contributed by atoms with Crippen LogP contribution in [-0.2, 0) is 19.8 Å². The largest absolute Gasteiger partial charge is 0.493 e. The monoisotopic (exact) mass is 417 g/mol. The van der Waals surface area contributed by atoms with Crippen LogP contribution in [-0.4, -0.2) is 28.6 Å². The van der Waals surface area contributed by atoms with Gasteiger partial charge in [-0.3, -0.25) is 4.79 Å². The van der Waals surface area contributed by atoms with Crippen molar-refractivity contribution in [1.82, 2.24) is 14.3 Å². The van der Waals surface area contributed by atoms with Crippen molar-refractivity contribution in [3.05, 3.63) is 64.1 Å². The van der Waals surface area contributed by atoms with Gasteiger partial charge in [0.15, 0.2) is 11.5 Å². The Bertz CT molecular complexity index is 1320. The van der Waals surface area contributed by atoms with Crippen LogP contribution in [0.25, 0.3) is 21.8 Å². The van der Waals surface area contributed by atoms with Gasteiger partial charge in [0.05, 0.1) is 38.0 Å². The first kappa shape index (κ1) is 19.8. The van der Waals surface area contributed by atoms with Crippen molar-refractivity contribution >= 4 is 21.8 Å². The Morgan fingerprint density at radius 2 is 1.73 bits per heavy atom. The van der Waals surface area contributed by atoms with Crippen LogP contribution in [0.1, 0.15) is 11.1 Å². The second-order valence-electron chi connectivity index (χ2n) is 6.85. The SMILES string of the molecule is COc1cc2c3cnn(Cc4cccc(C(F)(F)F)c4)c(=O)c3n(C)c2cc1OC. The zero-order valence-electron chi connectivity index (χ0n) is 16.4. The third-order valence-corrected chi connectivity index (χ3v) is 5.09. The molecule has 2 aromatic heterocycles. The Kier molecular flexibility index (Phi) is 4.68. The quantitative estimate of drug-likeness (QED) is 0.504. The molecule has 0 amide bonds. The lowest BCUT2D eigenvalue weighted by molar-refractivity contribution is -0.137. The lowest BCUT2D eigenvalue weighted by Crippen LogP contribution is -2.24. The summed E-state index contributed by atoms with van der Waals surface area (Å²) in [5.74, 6) is 1.04. The van der Waals surface area contributed by atoms with E-state index in [-0.39, 0.29) is 6.54 Å². The Morgan fingerprint density at radius 1 is 1.03 bits per heavy atom. The Morgan fingerprint density at radius 3 is 2.40 bits per heavy atom. The van der Waals surface area contributed by atoms with Crippen molar-refractivity contribution in [2.75, 3.05) is 14.2 Å². The zero-order valence-corrected chi connectivity index (χ0v) is 16.4. The van der Waals surface area contributed by atoms with Gasteiger partial charge in [-0.2, -0.15) is 18.3 Å². The highest BCUT2D eigenvalue weighted by Gasteiger charge is 2.30. The Labute approximate surface area is 169 Å². The smallest absolute Gasteiger partial charge is 0.416 e. The molecule has 0 N–H and O–H groups in total. The topological polar surface area (TPSA) is 58.3 Å². The molecule has 0 radical (unpaired) electrons. The molecule has 0 unspecified atom stereocenters. The average Bonchev–Trinajstić information content (AvgIpc) is 3.00. The fraction of sp³-hybridized carbons (Fsp3) is 0.238. The molecule has 2 aromatic carbocycles. The summed E-state index contributed by atoms with van der Waals surface area (Å²) >= 11 is 0. The molecule has 156 valence electrons. The molecule has 4 rings (SSSR count). The number of nitrogens with zero attached hydrogens (tertiary/aromatic N) is 3. The number of aryl methyl sites for hydroxylation is 1. The molecular formula is C21H18F3N3O3. The van der Waals surface area contributed by atoms with Crippen molar-refractivity contribution in [3.63, 3.8) is 0 Å². The third kappa shape index (κ3) is 3.16. The Balaban J connectivity index is 1.86. The first-order chi connectivity index (χ1) is 14.2. The number of fused-ring (bicyclic) bond motifs is 3. The van der Waals surface area contributed by atoms with Gasteiger partial charge in [0.1, 0.15) is 5.52 Å². The number of hydrogen-bond acceptors (Lipinski definition) is 4. The number of hydrogen-bond donors (Lipinski definition) is 0. The maximum Gasteiger partial charge on any atom is 0.416 e. The summed E-state index contributed by atoms with van der Waals surface area (Å²) in [5.41, 5.74) is 0.306. The molecule has 0 aliphatic carbocycles. The fourth-order valence-corrected chi connectivity index (χ4v) is 3.61. The van der Waals surface area contributed by atoms with E-state index in [1.807, 2.05) is 0 Å². The van der Waals surface area contributed by atoms with Crippen LogP contribution in [0.2, 0.25) is 0 Å². The number of benzene rings is 2. The van der Waals surface area contributed by atoms with Gasteiger partial charge in [-0.05, 0) is 23.8 Å². The summed E-state index contributed by atoms with van der Waals surface area (Å²) in [6.07, 6.45) is -2.91. The van der Waals surface area contributed by atoms with E-state index in [4.69, 9.17) is 9.47 Å². The van der Waals surface area contributed by atoms with Gasteiger partial charge in [0.2, 0.25) is 0 Å². The number of alkyl halides is 3. The molecule has 6 nitrogen and oxygen atoms in total. The van der Waals surface area contributed by atoms with Crippen molar-refractivity contribution in [1.29, 1.82) is 0 Å². The van der Waals surface area contributed by atoms with Gasteiger partial charge in [-0.15, -0.1) is 0 Å². The number of ether oxygens (including phenoxy) is 2. The molecule has 0 saturated carbocycles. The molecule has 0 bridgehead atoms. The molecule has 30 heavy (non-hydrogen) atoms. The van der Waals surface area contributed by atoms with Crippen LogP contribution >= 0.6 is 0 Å². The van der Waals surface area contributed by atoms with Crippen molar-refractivity contribution in [2.45, 2.75) is 12.7 Å². The summed E-state index contributed by atoms with van der Waals surface area (Å²) in [5, 5.41) is 5.58.